The quantitative estimate of drug-likeness (QED) is 0.422. The van der Waals surface area contributed by atoms with Gasteiger partial charge in [-0.25, -0.2) is 19.3 Å². The van der Waals surface area contributed by atoms with Gasteiger partial charge in [-0.05, 0) is 49.4 Å². The number of amides is 2. The number of aromatic nitrogens is 4. The number of imidazole rings is 1. The number of aromatic amines is 1. The first-order valence-electron chi connectivity index (χ1n) is 9.81. The van der Waals surface area contributed by atoms with Gasteiger partial charge in [-0.1, -0.05) is 6.07 Å². The van der Waals surface area contributed by atoms with Gasteiger partial charge in [-0.15, -0.1) is 0 Å². The van der Waals surface area contributed by atoms with Crippen LogP contribution in [-0.2, 0) is 0 Å². The first-order chi connectivity index (χ1) is 15.4. The third-order valence-corrected chi connectivity index (χ3v) is 4.79. The fourth-order valence-corrected chi connectivity index (χ4v) is 3.33. The lowest BCUT2D eigenvalue weighted by Crippen LogP contribution is -2.19. The summed E-state index contributed by atoms with van der Waals surface area (Å²) in [5.74, 6) is -0.221. The fraction of sp³-hybridized carbons (Fsp3) is 0.136. The van der Waals surface area contributed by atoms with Crippen molar-refractivity contribution < 1.29 is 14.3 Å². The second kappa shape index (κ2) is 8.34. The fourth-order valence-electron chi connectivity index (χ4n) is 3.33. The lowest BCUT2D eigenvalue weighted by molar-refractivity contribution is 0.0961. The Labute approximate surface area is 182 Å². The number of primary amides is 1. The smallest absolute Gasteiger partial charge is 0.332 e. The van der Waals surface area contributed by atoms with Gasteiger partial charge in [0.25, 0.3) is 11.8 Å². The predicted octanol–water partition coefficient (Wildman–Crippen LogP) is 1.63. The van der Waals surface area contributed by atoms with Crippen LogP contribution in [0.3, 0.4) is 0 Å². The van der Waals surface area contributed by atoms with Gasteiger partial charge in [0.2, 0.25) is 0 Å². The molecule has 0 aliphatic carbocycles. The molecule has 0 aliphatic rings. The largest absolute Gasteiger partial charge is 0.494 e. The first-order valence-corrected chi connectivity index (χ1v) is 9.81. The number of hydrogen-bond donors (Lipinski definition) is 3. The lowest BCUT2D eigenvalue weighted by atomic mass is 10.2. The van der Waals surface area contributed by atoms with Crippen LogP contribution >= 0.6 is 0 Å². The lowest BCUT2D eigenvalue weighted by Gasteiger charge is -2.08. The van der Waals surface area contributed by atoms with Crippen molar-refractivity contribution in [1.82, 2.24) is 24.8 Å². The Hall–Kier alpha value is -4.47. The van der Waals surface area contributed by atoms with Gasteiger partial charge in [0.05, 0.1) is 12.3 Å². The monoisotopic (exact) mass is 432 g/mol. The molecule has 0 radical (unpaired) electrons. The van der Waals surface area contributed by atoms with E-state index in [1.807, 2.05) is 6.92 Å². The number of nitrogens with one attached hydrogen (secondary N) is 2. The Balaban J connectivity index is 1.94. The van der Waals surface area contributed by atoms with Gasteiger partial charge in [-0.3, -0.25) is 9.59 Å². The van der Waals surface area contributed by atoms with Crippen LogP contribution in [0.15, 0.2) is 53.3 Å². The van der Waals surface area contributed by atoms with E-state index in [1.54, 1.807) is 48.5 Å². The minimum Gasteiger partial charge on any atom is -0.494 e. The Kier molecular flexibility index (Phi) is 5.42. The molecular weight excluding hydrogens is 412 g/mol. The van der Waals surface area contributed by atoms with Crippen LogP contribution < -0.4 is 21.5 Å². The molecule has 2 amide bonds. The van der Waals surface area contributed by atoms with E-state index < -0.39 is 11.6 Å². The van der Waals surface area contributed by atoms with Crippen LogP contribution in [0.1, 0.15) is 27.8 Å². The molecule has 10 nitrogen and oxygen atoms in total. The zero-order valence-electron chi connectivity index (χ0n) is 17.4. The Morgan fingerprint density at radius 3 is 2.56 bits per heavy atom. The summed E-state index contributed by atoms with van der Waals surface area (Å²) >= 11 is 0. The molecule has 4 rings (SSSR count). The Morgan fingerprint density at radius 1 is 1.16 bits per heavy atom. The SMILES string of the molecule is CCOc1ccc(-c2nc(C(N)=O)c3[nH]c(=O)n(-c4cccc(C(=O)NC)c4)c3n2)cc1. The highest BCUT2D eigenvalue weighted by atomic mass is 16.5. The molecule has 0 saturated carbocycles. The molecule has 0 saturated heterocycles. The number of H-pyrrole nitrogens is 1. The summed E-state index contributed by atoms with van der Waals surface area (Å²) in [4.78, 5) is 48.4. The van der Waals surface area contributed by atoms with E-state index in [2.05, 4.69) is 20.3 Å². The minimum atomic E-state index is -0.808. The van der Waals surface area contributed by atoms with E-state index in [0.29, 0.717) is 29.2 Å². The van der Waals surface area contributed by atoms with Gasteiger partial charge in [0.1, 0.15) is 11.3 Å². The van der Waals surface area contributed by atoms with Gasteiger partial charge in [0.15, 0.2) is 17.2 Å². The van der Waals surface area contributed by atoms with E-state index in [1.165, 1.54) is 11.6 Å². The molecule has 0 spiro atoms. The zero-order chi connectivity index (χ0) is 22.8. The normalized spacial score (nSPS) is 10.8. The summed E-state index contributed by atoms with van der Waals surface area (Å²) in [7, 11) is 1.52. The molecule has 2 aromatic carbocycles. The number of ether oxygens (including phenoxy) is 1. The van der Waals surface area contributed by atoms with Crippen molar-refractivity contribution in [1.29, 1.82) is 0 Å². The predicted molar refractivity (Wildman–Crippen MR) is 118 cm³/mol. The highest BCUT2D eigenvalue weighted by molar-refractivity contribution is 6.02. The summed E-state index contributed by atoms with van der Waals surface area (Å²) in [6, 6.07) is 13.5. The minimum absolute atomic E-state index is 0.113. The number of nitrogens with two attached hydrogens (primary N) is 1. The van der Waals surface area contributed by atoms with Crippen LogP contribution in [0.5, 0.6) is 5.75 Å². The Morgan fingerprint density at radius 2 is 1.91 bits per heavy atom. The first kappa shape index (κ1) is 20.8. The number of benzene rings is 2. The maximum atomic E-state index is 12.8. The maximum absolute atomic E-state index is 12.8. The second-order valence-electron chi connectivity index (χ2n) is 6.81. The van der Waals surface area contributed by atoms with Crippen molar-refractivity contribution >= 4 is 23.0 Å². The summed E-state index contributed by atoms with van der Waals surface area (Å²) < 4.78 is 6.72. The molecule has 4 N–H and O–H groups in total. The molecule has 10 heteroatoms. The summed E-state index contributed by atoms with van der Waals surface area (Å²) in [6.45, 7) is 2.41. The Bertz CT molecular complexity index is 1390. The number of carbonyl (C=O) groups excluding carboxylic acids is 2. The number of fused-ring (bicyclic) bond motifs is 1. The van der Waals surface area contributed by atoms with Crippen molar-refractivity contribution in [3.63, 3.8) is 0 Å². The van der Waals surface area contributed by atoms with Crippen LogP contribution in [-0.4, -0.2) is 45.0 Å². The molecule has 162 valence electrons. The average molecular weight is 432 g/mol. The summed E-state index contributed by atoms with van der Waals surface area (Å²) in [6.07, 6.45) is 0. The molecule has 0 atom stereocenters. The molecule has 0 fully saturated rings. The van der Waals surface area contributed by atoms with Crippen LogP contribution in [0.4, 0.5) is 0 Å². The van der Waals surface area contributed by atoms with Crippen LogP contribution in [0, 0.1) is 0 Å². The van der Waals surface area contributed by atoms with Crippen LogP contribution in [0.25, 0.3) is 28.2 Å². The van der Waals surface area contributed by atoms with Crippen molar-refractivity contribution in [2.75, 3.05) is 13.7 Å². The van der Waals surface area contributed by atoms with Gasteiger partial charge >= 0.3 is 5.69 Å². The van der Waals surface area contributed by atoms with Gasteiger partial charge in [0, 0.05) is 18.2 Å². The van der Waals surface area contributed by atoms with Gasteiger partial charge < -0.3 is 20.8 Å². The van der Waals surface area contributed by atoms with E-state index in [0.717, 1.165) is 0 Å². The van der Waals surface area contributed by atoms with Crippen molar-refractivity contribution in [2.45, 2.75) is 6.92 Å². The summed E-state index contributed by atoms with van der Waals surface area (Å²) in [5, 5.41) is 2.54. The molecule has 2 aromatic heterocycles. The van der Waals surface area contributed by atoms with E-state index in [9.17, 15) is 14.4 Å². The molecule has 2 heterocycles. The molecule has 4 aromatic rings. The molecule has 32 heavy (non-hydrogen) atoms. The second-order valence-corrected chi connectivity index (χ2v) is 6.81. The molecule has 0 bridgehead atoms. The zero-order valence-corrected chi connectivity index (χ0v) is 17.4. The third-order valence-electron chi connectivity index (χ3n) is 4.79. The number of hydrogen-bond acceptors (Lipinski definition) is 6. The highest BCUT2D eigenvalue weighted by Crippen LogP contribution is 2.24. The van der Waals surface area contributed by atoms with E-state index in [-0.39, 0.29) is 28.6 Å². The van der Waals surface area contributed by atoms with Crippen molar-refractivity contribution in [2.24, 2.45) is 5.73 Å². The summed E-state index contributed by atoms with van der Waals surface area (Å²) in [5.41, 5.74) is 6.52. The standard InChI is InChI=1S/C22H20N6O4/c1-3-32-15-9-7-12(8-10-15)19-25-16(18(23)29)17-20(27-19)28(22(31)26-17)14-6-4-5-13(11-14)21(30)24-2/h4-11H,3H2,1-2H3,(H2,23,29)(H,24,30)(H,26,31). The topological polar surface area (TPSA) is 145 Å². The number of carbonyl (C=O) groups is 2. The van der Waals surface area contributed by atoms with Gasteiger partial charge in [-0.2, -0.15) is 0 Å². The molecular formula is C22H20N6O4. The average Bonchev–Trinajstić information content (AvgIpc) is 3.14. The highest BCUT2D eigenvalue weighted by Gasteiger charge is 2.20. The molecule has 0 aliphatic heterocycles. The molecule has 0 unspecified atom stereocenters. The number of rotatable bonds is 6. The van der Waals surface area contributed by atoms with Crippen molar-refractivity contribution in [3.05, 3.63) is 70.3 Å². The number of nitrogens with zero attached hydrogens (tertiary/aromatic N) is 3. The van der Waals surface area contributed by atoms with Crippen molar-refractivity contribution in [3.8, 4) is 22.8 Å². The third kappa shape index (κ3) is 3.69. The maximum Gasteiger partial charge on any atom is 0.332 e. The van der Waals surface area contributed by atoms with Crippen LogP contribution in [0.2, 0.25) is 0 Å². The van der Waals surface area contributed by atoms with E-state index in [4.69, 9.17) is 10.5 Å². The van der Waals surface area contributed by atoms with E-state index >= 15 is 0 Å².